The van der Waals surface area contributed by atoms with E-state index in [9.17, 15) is 5.11 Å². The number of aromatic hydroxyl groups is 1. The predicted molar refractivity (Wildman–Crippen MR) is 98.2 cm³/mol. The maximum atomic E-state index is 10.6. The second-order valence-electron chi connectivity index (χ2n) is 7.94. The molecular weight excluding hydrogens is 306 g/mol. The third kappa shape index (κ3) is 2.15. The van der Waals surface area contributed by atoms with Crippen molar-refractivity contribution in [2.24, 2.45) is 0 Å². The normalized spacial score (nSPS) is 20.2. The molecule has 0 spiro atoms. The summed E-state index contributed by atoms with van der Waals surface area (Å²) < 4.78 is 0. The lowest BCUT2D eigenvalue weighted by Gasteiger charge is -2.35. The highest BCUT2D eigenvalue weighted by Crippen LogP contribution is 2.49. The largest absolute Gasteiger partial charge is 0.507 e. The average molecular weight is 330 g/mol. The number of fused-ring (bicyclic) bond motifs is 5. The van der Waals surface area contributed by atoms with Gasteiger partial charge in [0.15, 0.2) is 0 Å². The van der Waals surface area contributed by atoms with E-state index in [-0.39, 0.29) is 5.54 Å². The minimum absolute atomic E-state index is 0.0215. The van der Waals surface area contributed by atoms with E-state index in [1.165, 1.54) is 34.2 Å². The van der Waals surface area contributed by atoms with Crippen LogP contribution in [0.2, 0.25) is 0 Å². The number of phenols is 1. The van der Waals surface area contributed by atoms with E-state index in [0.29, 0.717) is 17.5 Å². The molecule has 1 atom stereocenters. The van der Waals surface area contributed by atoms with Crippen LogP contribution in [-0.2, 0) is 12.8 Å². The maximum absolute atomic E-state index is 10.6. The summed E-state index contributed by atoms with van der Waals surface area (Å²) in [5.41, 5.74) is 5.46. The van der Waals surface area contributed by atoms with Crippen LogP contribution < -0.4 is 4.90 Å². The summed E-state index contributed by atoms with van der Waals surface area (Å²) in [5, 5.41) is 12.9. The smallest absolute Gasteiger partial charge is 0.125 e. The van der Waals surface area contributed by atoms with Crippen LogP contribution >= 0.6 is 11.6 Å². The number of rotatable bonds is 1. The molecule has 1 heterocycles. The first-order valence-corrected chi connectivity index (χ1v) is 9.09. The number of alkyl halides is 1. The van der Waals surface area contributed by atoms with Crippen LogP contribution in [0.25, 0.3) is 10.8 Å². The first kappa shape index (κ1) is 15.1. The third-order valence-electron chi connectivity index (χ3n) is 5.48. The van der Waals surface area contributed by atoms with Crippen LogP contribution in [-0.4, -0.2) is 23.1 Å². The molecule has 23 heavy (non-hydrogen) atoms. The molecule has 1 unspecified atom stereocenters. The lowest BCUT2D eigenvalue weighted by atomic mass is 9.90. The van der Waals surface area contributed by atoms with E-state index in [1.807, 2.05) is 6.07 Å². The molecule has 0 radical (unpaired) electrons. The number of anilines is 1. The minimum atomic E-state index is 0.0215. The van der Waals surface area contributed by atoms with Crippen LogP contribution in [0, 0.1) is 0 Å². The topological polar surface area (TPSA) is 23.5 Å². The van der Waals surface area contributed by atoms with Crippen molar-refractivity contribution in [2.45, 2.75) is 51.5 Å². The predicted octanol–water partition coefficient (Wildman–Crippen LogP) is 4.98. The Bertz CT molecular complexity index is 791. The van der Waals surface area contributed by atoms with Crippen LogP contribution in [0.15, 0.2) is 18.2 Å². The lowest BCUT2D eigenvalue weighted by Crippen LogP contribution is -2.40. The van der Waals surface area contributed by atoms with E-state index < -0.39 is 0 Å². The Labute approximate surface area is 143 Å². The van der Waals surface area contributed by atoms with Gasteiger partial charge in [-0.25, -0.2) is 0 Å². The van der Waals surface area contributed by atoms with Gasteiger partial charge in [0.2, 0.25) is 0 Å². The molecule has 2 aromatic rings. The van der Waals surface area contributed by atoms with Gasteiger partial charge in [0.1, 0.15) is 5.75 Å². The molecule has 0 amide bonds. The van der Waals surface area contributed by atoms with Crippen molar-refractivity contribution in [3.05, 3.63) is 34.9 Å². The molecule has 122 valence electrons. The van der Waals surface area contributed by atoms with Crippen molar-refractivity contribution in [2.75, 3.05) is 17.3 Å². The first-order chi connectivity index (χ1) is 10.9. The average Bonchev–Trinajstić information content (AvgIpc) is 3.09. The molecule has 0 saturated heterocycles. The van der Waals surface area contributed by atoms with Crippen molar-refractivity contribution in [1.82, 2.24) is 0 Å². The highest BCUT2D eigenvalue weighted by atomic mass is 35.5. The van der Waals surface area contributed by atoms with E-state index in [1.54, 1.807) is 0 Å². The van der Waals surface area contributed by atoms with Crippen LogP contribution in [0.5, 0.6) is 5.75 Å². The standard InChI is InChI=1S/C20H24ClNO/c1-20(2,3)22-11-13(10-21)18-16(22)9-17(23)15-8-7-12-5-4-6-14(12)19(15)18/h7-9,13,23H,4-6,10-11H2,1-3H3. The van der Waals surface area contributed by atoms with Crippen molar-refractivity contribution in [1.29, 1.82) is 0 Å². The van der Waals surface area contributed by atoms with Crippen LogP contribution in [0.3, 0.4) is 0 Å². The molecule has 2 aromatic carbocycles. The van der Waals surface area contributed by atoms with Crippen molar-refractivity contribution >= 4 is 28.1 Å². The second kappa shape index (κ2) is 5.04. The summed E-state index contributed by atoms with van der Waals surface area (Å²) in [7, 11) is 0. The summed E-state index contributed by atoms with van der Waals surface area (Å²) in [4.78, 5) is 2.41. The Balaban J connectivity index is 2.08. The Kier molecular flexibility index (Phi) is 3.32. The quantitative estimate of drug-likeness (QED) is 0.746. The fraction of sp³-hybridized carbons (Fsp3) is 0.500. The van der Waals surface area contributed by atoms with Crippen LogP contribution in [0.4, 0.5) is 5.69 Å². The maximum Gasteiger partial charge on any atom is 0.125 e. The molecule has 4 rings (SSSR count). The molecule has 0 aromatic heterocycles. The van der Waals surface area contributed by atoms with Crippen molar-refractivity contribution in [3.8, 4) is 5.75 Å². The molecular formula is C20H24ClNO. The summed E-state index contributed by atoms with van der Waals surface area (Å²) >= 11 is 6.35. The highest BCUT2D eigenvalue weighted by Gasteiger charge is 2.37. The number of phenolic OH excluding ortho intramolecular Hbond substituents is 1. The van der Waals surface area contributed by atoms with Gasteiger partial charge < -0.3 is 10.0 Å². The molecule has 0 bridgehead atoms. The van der Waals surface area contributed by atoms with Gasteiger partial charge in [-0.05, 0) is 62.1 Å². The zero-order valence-corrected chi connectivity index (χ0v) is 14.9. The summed E-state index contributed by atoms with van der Waals surface area (Å²) in [5.74, 6) is 1.36. The van der Waals surface area contributed by atoms with Gasteiger partial charge in [0.05, 0.1) is 0 Å². The molecule has 0 saturated carbocycles. The van der Waals surface area contributed by atoms with E-state index in [4.69, 9.17) is 11.6 Å². The molecule has 1 aliphatic heterocycles. The fourth-order valence-electron chi connectivity index (χ4n) is 4.41. The number of hydrogen-bond acceptors (Lipinski definition) is 2. The Morgan fingerprint density at radius 1 is 1.26 bits per heavy atom. The van der Waals surface area contributed by atoms with Crippen LogP contribution in [0.1, 0.15) is 49.8 Å². The third-order valence-corrected chi connectivity index (χ3v) is 5.85. The van der Waals surface area contributed by atoms with Gasteiger partial charge in [-0.15, -0.1) is 11.6 Å². The highest BCUT2D eigenvalue weighted by molar-refractivity contribution is 6.19. The summed E-state index contributed by atoms with van der Waals surface area (Å²) in [6.45, 7) is 7.61. The van der Waals surface area contributed by atoms with Gasteiger partial charge in [-0.3, -0.25) is 0 Å². The van der Waals surface area contributed by atoms with Crippen molar-refractivity contribution < 1.29 is 5.11 Å². The van der Waals surface area contributed by atoms with Crippen molar-refractivity contribution in [3.63, 3.8) is 0 Å². The zero-order chi connectivity index (χ0) is 16.4. The molecule has 3 heteroatoms. The van der Waals surface area contributed by atoms with E-state index in [0.717, 1.165) is 24.8 Å². The minimum Gasteiger partial charge on any atom is -0.507 e. The van der Waals surface area contributed by atoms with Gasteiger partial charge >= 0.3 is 0 Å². The first-order valence-electron chi connectivity index (χ1n) is 8.55. The number of aryl methyl sites for hydroxylation is 2. The molecule has 2 aliphatic rings. The van der Waals surface area contributed by atoms with Gasteiger partial charge in [-0.1, -0.05) is 12.1 Å². The Morgan fingerprint density at radius 2 is 2.04 bits per heavy atom. The fourth-order valence-corrected chi connectivity index (χ4v) is 4.66. The van der Waals surface area contributed by atoms with E-state index in [2.05, 4.69) is 37.8 Å². The van der Waals surface area contributed by atoms with Gasteiger partial charge in [-0.2, -0.15) is 0 Å². The Morgan fingerprint density at radius 3 is 2.74 bits per heavy atom. The molecule has 1 N–H and O–H groups in total. The van der Waals surface area contributed by atoms with Gasteiger partial charge in [0, 0.05) is 41.0 Å². The number of nitrogens with zero attached hydrogens (tertiary/aromatic N) is 1. The summed E-state index contributed by atoms with van der Waals surface area (Å²) in [6, 6.07) is 6.25. The second-order valence-corrected chi connectivity index (χ2v) is 8.25. The zero-order valence-electron chi connectivity index (χ0n) is 14.1. The number of halogens is 1. The SMILES string of the molecule is CC(C)(C)N1CC(CCl)c2c1cc(O)c1ccc3c(c21)CCC3. The molecule has 1 aliphatic carbocycles. The number of benzene rings is 2. The van der Waals surface area contributed by atoms with Gasteiger partial charge in [0.25, 0.3) is 0 Å². The molecule has 0 fully saturated rings. The Hall–Kier alpha value is -1.41. The molecule has 2 nitrogen and oxygen atoms in total. The summed E-state index contributed by atoms with van der Waals surface area (Å²) in [6.07, 6.45) is 3.49. The lowest BCUT2D eigenvalue weighted by molar-refractivity contribution is 0.479. The van der Waals surface area contributed by atoms with E-state index >= 15 is 0 Å². The monoisotopic (exact) mass is 329 g/mol. The number of hydrogen-bond donors (Lipinski definition) is 1.